The van der Waals surface area contributed by atoms with Gasteiger partial charge in [0, 0.05) is 19.1 Å². The minimum Gasteiger partial charge on any atom is -0.329 e. The van der Waals surface area contributed by atoms with E-state index in [0.717, 1.165) is 32.0 Å². The van der Waals surface area contributed by atoms with Gasteiger partial charge in [0.1, 0.15) is 12.2 Å². The third-order valence-corrected chi connectivity index (χ3v) is 3.60. The van der Waals surface area contributed by atoms with Crippen molar-refractivity contribution in [2.24, 2.45) is 11.7 Å². The zero-order chi connectivity index (χ0) is 13.0. The molecule has 1 unspecified atom stereocenters. The van der Waals surface area contributed by atoms with E-state index in [1.54, 1.807) is 6.33 Å². The van der Waals surface area contributed by atoms with Gasteiger partial charge in [-0.2, -0.15) is 5.10 Å². The number of aromatic nitrogens is 3. The third kappa shape index (κ3) is 3.29. The van der Waals surface area contributed by atoms with Crippen LogP contribution < -0.4 is 5.73 Å². The summed E-state index contributed by atoms with van der Waals surface area (Å²) in [4.78, 5) is 6.86. The molecule has 0 bridgehead atoms. The predicted octanol–water partition coefficient (Wildman–Crippen LogP) is 1.25. The Morgan fingerprint density at radius 1 is 1.44 bits per heavy atom. The van der Waals surface area contributed by atoms with Gasteiger partial charge in [-0.15, -0.1) is 0 Å². The van der Waals surface area contributed by atoms with Crippen LogP contribution in [0, 0.1) is 5.92 Å². The first-order chi connectivity index (χ1) is 8.70. The molecule has 0 aliphatic carbocycles. The highest BCUT2D eigenvalue weighted by molar-refractivity contribution is 4.88. The van der Waals surface area contributed by atoms with E-state index >= 15 is 0 Å². The molecule has 5 heteroatoms. The summed E-state index contributed by atoms with van der Waals surface area (Å²) in [5.41, 5.74) is 5.86. The molecule has 1 aromatic heterocycles. The maximum atomic E-state index is 5.86. The molecule has 5 nitrogen and oxygen atoms in total. The lowest BCUT2D eigenvalue weighted by Crippen LogP contribution is -2.44. The monoisotopic (exact) mass is 251 g/mol. The summed E-state index contributed by atoms with van der Waals surface area (Å²) in [6, 6.07) is 0.517. The molecule has 1 atom stereocenters. The second kappa shape index (κ2) is 6.29. The molecular weight excluding hydrogens is 226 g/mol. The quantitative estimate of drug-likeness (QED) is 0.855. The normalized spacial score (nSPS) is 21.7. The molecule has 102 valence electrons. The maximum absolute atomic E-state index is 5.86. The van der Waals surface area contributed by atoms with Gasteiger partial charge in [0.25, 0.3) is 0 Å². The van der Waals surface area contributed by atoms with E-state index in [1.807, 2.05) is 4.68 Å². The van der Waals surface area contributed by atoms with Crippen LogP contribution in [0.4, 0.5) is 0 Å². The van der Waals surface area contributed by atoms with Gasteiger partial charge in [-0.05, 0) is 25.3 Å². The van der Waals surface area contributed by atoms with Crippen LogP contribution in [0.15, 0.2) is 6.33 Å². The van der Waals surface area contributed by atoms with Gasteiger partial charge >= 0.3 is 0 Å². The lowest BCUT2D eigenvalue weighted by atomic mass is 10.0. The lowest BCUT2D eigenvalue weighted by molar-refractivity contribution is 0.138. The van der Waals surface area contributed by atoms with E-state index in [1.165, 1.54) is 19.3 Å². The highest BCUT2D eigenvalue weighted by Gasteiger charge is 2.22. The van der Waals surface area contributed by atoms with Crippen LogP contribution in [0.5, 0.6) is 0 Å². The van der Waals surface area contributed by atoms with E-state index in [2.05, 4.69) is 28.8 Å². The largest absolute Gasteiger partial charge is 0.329 e. The summed E-state index contributed by atoms with van der Waals surface area (Å²) >= 11 is 0. The fourth-order valence-corrected chi connectivity index (χ4v) is 2.63. The summed E-state index contributed by atoms with van der Waals surface area (Å²) in [6.07, 6.45) is 5.46. The van der Waals surface area contributed by atoms with Crippen molar-refractivity contribution >= 4 is 0 Å². The first kappa shape index (κ1) is 13.5. The highest BCUT2D eigenvalue weighted by atomic mass is 15.4. The van der Waals surface area contributed by atoms with Gasteiger partial charge in [0.2, 0.25) is 0 Å². The summed E-state index contributed by atoms with van der Waals surface area (Å²) in [5, 5.41) is 4.32. The van der Waals surface area contributed by atoms with E-state index in [-0.39, 0.29) is 0 Å². The maximum Gasteiger partial charge on any atom is 0.141 e. The van der Waals surface area contributed by atoms with Gasteiger partial charge < -0.3 is 5.73 Å². The first-order valence-corrected chi connectivity index (χ1v) is 7.01. The van der Waals surface area contributed by atoms with E-state index in [0.29, 0.717) is 12.0 Å². The molecule has 1 aliphatic heterocycles. The number of piperidine rings is 1. The summed E-state index contributed by atoms with van der Waals surface area (Å²) in [6.45, 7) is 8.11. The predicted molar refractivity (Wildman–Crippen MR) is 72.0 cm³/mol. The summed E-state index contributed by atoms with van der Waals surface area (Å²) < 4.78 is 2.03. The number of hydrogen-bond donors (Lipinski definition) is 1. The summed E-state index contributed by atoms with van der Waals surface area (Å²) in [5.74, 6) is 1.67. The highest BCUT2D eigenvalue weighted by Crippen LogP contribution is 2.18. The Morgan fingerprint density at radius 3 is 3.00 bits per heavy atom. The topological polar surface area (TPSA) is 60.0 Å². The Hall–Kier alpha value is -0.940. The molecule has 2 heterocycles. The van der Waals surface area contributed by atoms with Crippen LogP contribution in [0.3, 0.4) is 0 Å². The molecule has 0 amide bonds. The van der Waals surface area contributed by atoms with Crippen molar-refractivity contribution in [2.45, 2.75) is 52.2 Å². The number of nitrogens with two attached hydrogens (primary N) is 1. The van der Waals surface area contributed by atoms with Gasteiger partial charge in [-0.3, -0.25) is 4.90 Å². The SMILES string of the molecule is CC(C)Cn1ncnc1CN1CCCCC1CN. The molecule has 0 saturated carbocycles. The molecule has 1 aromatic rings. The van der Waals surface area contributed by atoms with Gasteiger partial charge in [-0.25, -0.2) is 9.67 Å². The number of hydrogen-bond acceptors (Lipinski definition) is 4. The van der Waals surface area contributed by atoms with Gasteiger partial charge in [-0.1, -0.05) is 20.3 Å². The van der Waals surface area contributed by atoms with Crippen molar-refractivity contribution < 1.29 is 0 Å². The van der Waals surface area contributed by atoms with Crippen LogP contribution in [0.1, 0.15) is 38.9 Å². The fourth-order valence-electron chi connectivity index (χ4n) is 2.63. The third-order valence-electron chi connectivity index (χ3n) is 3.60. The Balaban J connectivity index is 2.01. The second-order valence-electron chi connectivity index (χ2n) is 5.61. The van der Waals surface area contributed by atoms with Gasteiger partial charge in [0.15, 0.2) is 0 Å². The Bertz CT molecular complexity index is 360. The smallest absolute Gasteiger partial charge is 0.141 e. The number of nitrogens with zero attached hydrogens (tertiary/aromatic N) is 4. The van der Waals surface area contributed by atoms with Crippen LogP contribution in [0.25, 0.3) is 0 Å². The van der Waals surface area contributed by atoms with Crippen molar-refractivity contribution in [1.29, 1.82) is 0 Å². The Kier molecular flexibility index (Phi) is 4.72. The van der Waals surface area contributed by atoms with Crippen molar-refractivity contribution in [2.75, 3.05) is 13.1 Å². The van der Waals surface area contributed by atoms with Gasteiger partial charge in [0.05, 0.1) is 6.54 Å². The Morgan fingerprint density at radius 2 is 2.28 bits per heavy atom. The minimum atomic E-state index is 0.517. The molecule has 1 fully saturated rings. The Labute approximate surface area is 109 Å². The lowest BCUT2D eigenvalue weighted by Gasteiger charge is -2.34. The molecule has 0 spiro atoms. The average Bonchev–Trinajstić information content (AvgIpc) is 2.76. The second-order valence-corrected chi connectivity index (χ2v) is 5.61. The average molecular weight is 251 g/mol. The standard InChI is InChI=1S/C13H25N5/c1-11(2)8-18-13(15-10-16-18)9-17-6-4-3-5-12(17)7-14/h10-12H,3-9,14H2,1-2H3. The van der Waals surface area contributed by atoms with E-state index in [9.17, 15) is 0 Å². The van der Waals surface area contributed by atoms with E-state index < -0.39 is 0 Å². The van der Waals surface area contributed by atoms with Crippen molar-refractivity contribution in [3.8, 4) is 0 Å². The number of likely N-dealkylation sites (tertiary alicyclic amines) is 1. The molecule has 2 rings (SSSR count). The minimum absolute atomic E-state index is 0.517. The molecule has 0 radical (unpaired) electrons. The molecule has 1 aliphatic rings. The summed E-state index contributed by atoms with van der Waals surface area (Å²) in [7, 11) is 0. The van der Waals surface area contributed by atoms with Crippen molar-refractivity contribution in [1.82, 2.24) is 19.7 Å². The van der Waals surface area contributed by atoms with Crippen LogP contribution in [0.2, 0.25) is 0 Å². The van der Waals surface area contributed by atoms with Crippen molar-refractivity contribution in [3.05, 3.63) is 12.2 Å². The van der Waals surface area contributed by atoms with Crippen LogP contribution in [-0.4, -0.2) is 38.8 Å². The number of rotatable bonds is 5. The van der Waals surface area contributed by atoms with Crippen LogP contribution >= 0.6 is 0 Å². The fraction of sp³-hybridized carbons (Fsp3) is 0.846. The van der Waals surface area contributed by atoms with Crippen LogP contribution in [-0.2, 0) is 13.1 Å². The first-order valence-electron chi connectivity index (χ1n) is 7.01. The molecular formula is C13H25N5. The molecule has 18 heavy (non-hydrogen) atoms. The molecule has 1 saturated heterocycles. The zero-order valence-corrected chi connectivity index (χ0v) is 11.5. The molecule has 0 aromatic carbocycles. The zero-order valence-electron chi connectivity index (χ0n) is 11.5. The van der Waals surface area contributed by atoms with Crippen molar-refractivity contribution in [3.63, 3.8) is 0 Å². The molecule has 2 N–H and O–H groups in total. The van der Waals surface area contributed by atoms with E-state index in [4.69, 9.17) is 5.73 Å².